The average Bonchev–Trinajstić information content (AvgIpc) is 3.40. The van der Waals surface area contributed by atoms with E-state index in [2.05, 4.69) is 26.1 Å². The van der Waals surface area contributed by atoms with Gasteiger partial charge in [0, 0.05) is 40.4 Å². The summed E-state index contributed by atoms with van der Waals surface area (Å²) < 4.78 is 7.76. The zero-order valence-electron chi connectivity index (χ0n) is 18.8. The van der Waals surface area contributed by atoms with Crippen molar-refractivity contribution in [2.24, 2.45) is 5.92 Å². The highest BCUT2D eigenvalue weighted by Gasteiger charge is 2.41. The molecule has 1 aromatic carbocycles. The molecular formula is C25H26ClN5O2S. The van der Waals surface area contributed by atoms with Gasteiger partial charge < -0.3 is 9.64 Å². The van der Waals surface area contributed by atoms with Gasteiger partial charge in [0.15, 0.2) is 5.82 Å². The molecular weight excluding hydrogens is 470 g/mol. The molecule has 3 aromatic rings. The molecule has 2 fully saturated rings. The number of carbonyl (C=O) groups excluding carboxylic acids is 1. The van der Waals surface area contributed by atoms with E-state index in [1.165, 1.54) is 33.8 Å². The van der Waals surface area contributed by atoms with Crippen LogP contribution in [0.3, 0.4) is 0 Å². The molecule has 176 valence electrons. The minimum absolute atomic E-state index is 0.00286. The Bertz CT molecular complexity index is 1280. The molecule has 7 nitrogen and oxygen atoms in total. The first kappa shape index (κ1) is 21.1. The van der Waals surface area contributed by atoms with Gasteiger partial charge in [0.2, 0.25) is 5.91 Å². The minimum Gasteiger partial charge on any atom is -0.378 e. The molecule has 7 rings (SSSR count). The molecule has 0 bridgehead atoms. The van der Waals surface area contributed by atoms with Crippen molar-refractivity contribution in [1.82, 2.24) is 25.0 Å². The zero-order valence-corrected chi connectivity index (χ0v) is 20.4. The molecule has 2 aliphatic carbocycles. The molecule has 0 spiro atoms. The number of carbonyl (C=O) groups is 1. The number of nitrogens with one attached hydrogen (secondary N) is 1. The highest BCUT2D eigenvalue weighted by molar-refractivity contribution is 7.15. The smallest absolute Gasteiger partial charge is 0.226 e. The lowest BCUT2D eigenvalue weighted by molar-refractivity contribution is -0.139. The summed E-state index contributed by atoms with van der Waals surface area (Å²) >= 11 is 8.53. The number of fused-ring (bicyclic) bond motifs is 5. The van der Waals surface area contributed by atoms with Crippen molar-refractivity contribution in [3.8, 4) is 5.00 Å². The highest BCUT2D eigenvalue weighted by Crippen LogP contribution is 2.49. The largest absolute Gasteiger partial charge is 0.378 e. The molecule has 2 aromatic heterocycles. The van der Waals surface area contributed by atoms with Crippen molar-refractivity contribution < 1.29 is 9.53 Å². The fourth-order valence-electron chi connectivity index (χ4n) is 5.67. The standard InChI is InChI=1S/C25H26ClN5O2S/c26-18-4-2-1-3-16(18)22-21-17-11-15(24(32)30-7-9-33-10-8-30)12-19(17)34-25(21)31-20(13-27-22)28-29-23(31)14-5-6-14/h1-4,14-15,22,27H,5-13H2. The molecule has 1 N–H and O–H groups in total. The van der Waals surface area contributed by atoms with Gasteiger partial charge >= 0.3 is 0 Å². The second-order valence-corrected chi connectivity index (χ2v) is 11.2. The Kier molecular flexibility index (Phi) is 5.05. The van der Waals surface area contributed by atoms with E-state index >= 15 is 0 Å². The van der Waals surface area contributed by atoms with Crippen LogP contribution in [0, 0.1) is 5.92 Å². The molecule has 34 heavy (non-hydrogen) atoms. The molecule has 1 saturated carbocycles. The van der Waals surface area contributed by atoms with E-state index < -0.39 is 0 Å². The van der Waals surface area contributed by atoms with Crippen molar-refractivity contribution in [3.63, 3.8) is 0 Å². The topological polar surface area (TPSA) is 72.3 Å². The van der Waals surface area contributed by atoms with Gasteiger partial charge in [0.1, 0.15) is 10.8 Å². The number of ether oxygens (including phenoxy) is 1. The van der Waals surface area contributed by atoms with Gasteiger partial charge in [-0.05, 0) is 42.9 Å². The summed E-state index contributed by atoms with van der Waals surface area (Å²) in [7, 11) is 0. The maximum absolute atomic E-state index is 13.3. The molecule has 2 unspecified atom stereocenters. The molecule has 0 radical (unpaired) electrons. The maximum Gasteiger partial charge on any atom is 0.226 e. The van der Waals surface area contributed by atoms with Crippen molar-refractivity contribution in [2.45, 2.75) is 44.2 Å². The van der Waals surface area contributed by atoms with E-state index in [0.717, 1.165) is 35.1 Å². The summed E-state index contributed by atoms with van der Waals surface area (Å²) in [6.07, 6.45) is 3.93. The molecule has 2 atom stereocenters. The highest BCUT2D eigenvalue weighted by atomic mass is 35.5. The Balaban J connectivity index is 1.33. The number of benzene rings is 1. The van der Waals surface area contributed by atoms with Crippen LogP contribution in [0.25, 0.3) is 5.00 Å². The molecule has 4 heterocycles. The first-order chi connectivity index (χ1) is 16.7. The third-order valence-corrected chi connectivity index (χ3v) is 9.14. The number of morpholine rings is 1. The number of hydrogen-bond donors (Lipinski definition) is 1. The van der Waals surface area contributed by atoms with E-state index in [0.29, 0.717) is 38.8 Å². The van der Waals surface area contributed by atoms with Crippen LogP contribution >= 0.6 is 22.9 Å². The Morgan fingerprint density at radius 3 is 2.76 bits per heavy atom. The molecule has 4 aliphatic rings. The van der Waals surface area contributed by atoms with Crippen LogP contribution in [0.2, 0.25) is 5.02 Å². The number of nitrogens with zero attached hydrogens (tertiary/aromatic N) is 4. The molecule has 1 saturated heterocycles. The van der Waals surface area contributed by atoms with Crippen LogP contribution < -0.4 is 5.32 Å². The molecule has 9 heteroatoms. The van der Waals surface area contributed by atoms with E-state index in [1.807, 2.05) is 34.4 Å². The predicted molar refractivity (Wildman–Crippen MR) is 130 cm³/mol. The van der Waals surface area contributed by atoms with Gasteiger partial charge in [-0.2, -0.15) is 0 Å². The SMILES string of the molecule is O=C(C1Cc2sc3c(c2C1)C(c1ccccc1Cl)NCc1nnc(C2CC2)n1-3)N1CCOCC1. The maximum atomic E-state index is 13.3. The summed E-state index contributed by atoms with van der Waals surface area (Å²) in [5.74, 6) is 2.80. The Labute approximate surface area is 207 Å². The van der Waals surface area contributed by atoms with Gasteiger partial charge in [-0.25, -0.2) is 0 Å². The Morgan fingerprint density at radius 1 is 1.15 bits per heavy atom. The van der Waals surface area contributed by atoms with E-state index in [-0.39, 0.29) is 17.9 Å². The average molecular weight is 496 g/mol. The fourth-order valence-corrected chi connectivity index (χ4v) is 7.39. The number of hydrogen-bond acceptors (Lipinski definition) is 6. The van der Waals surface area contributed by atoms with Crippen LogP contribution in [0.5, 0.6) is 0 Å². The van der Waals surface area contributed by atoms with Gasteiger partial charge in [0.25, 0.3) is 0 Å². The van der Waals surface area contributed by atoms with Gasteiger partial charge in [0.05, 0.1) is 25.8 Å². The second kappa shape index (κ2) is 8.16. The summed E-state index contributed by atoms with van der Waals surface area (Å²) in [5.41, 5.74) is 3.64. The number of rotatable bonds is 3. The summed E-state index contributed by atoms with van der Waals surface area (Å²) in [6, 6.07) is 8.03. The number of aromatic nitrogens is 3. The quantitative estimate of drug-likeness (QED) is 0.600. The van der Waals surface area contributed by atoms with Crippen molar-refractivity contribution in [1.29, 1.82) is 0 Å². The molecule has 2 aliphatic heterocycles. The van der Waals surface area contributed by atoms with Crippen molar-refractivity contribution >= 4 is 28.8 Å². The first-order valence-electron chi connectivity index (χ1n) is 12.1. The summed E-state index contributed by atoms with van der Waals surface area (Å²) in [6.45, 7) is 3.28. The monoisotopic (exact) mass is 495 g/mol. The van der Waals surface area contributed by atoms with E-state index in [4.69, 9.17) is 16.3 Å². The van der Waals surface area contributed by atoms with E-state index in [9.17, 15) is 4.79 Å². The fraction of sp³-hybridized carbons (Fsp3) is 0.480. The number of amides is 1. The lowest BCUT2D eigenvalue weighted by Crippen LogP contribution is -2.44. The minimum atomic E-state index is -0.0466. The van der Waals surface area contributed by atoms with Crippen molar-refractivity contribution in [2.75, 3.05) is 26.3 Å². The lowest BCUT2D eigenvalue weighted by Gasteiger charge is -2.29. The summed E-state index contributed by atoms with van der Waals surface area (Å²) in [5, 5.41) is 14.8. The first-order valence-corrected chi connectivity index (χ1v) is 13.3. The predicted octanol–water partition coefficient (Wildman–Crippen LogP) is 3.63. The van der Waals surface area contributed by atoms with Gasteiger partial charge in [-0.15, -0.1) is 21.5 Å². The van der Waals surface area contributed by atoms with Crippen LogP contribution in [-0.2, 0) is 28.9 Å². The number of halogens is 1. The third kappa shape index (κ3) is 3.34. The number of thiophene rings is 1. The Hall–Kier alpha value is -2.26. The van der Waals surface area contributed by atoms with Gasteiger partial charge in [-0.1, -0.05) is 29.8 Å². The Morgan fingerprint density at radius 2 is 1.97 bits per heavy atom. The normalized spacial score (nSPS) is 23.9. The van der Waals surface area contributed by atoms with Crippen LogP contribution in [0.15, 0.2) is 24.3 Å². The van der Waals surface area contributed by atoms with E-state index in [1.54, 1.807) is 0 Å². The van der Waals surface area contributed by atoms with Crippen LogP contribution in [0.1, 0.15) is 58.0 Å². The third-order valence-electron chi connectivity index (χ3n) is 7.54. The van der Waals surface area contributed by atoms with Crippen molar-refractivity contribution in [3.05, 3.63) is 62.5 Å². The molecule has 1 amide bonds. The zero-order chi connectivity index (χ0) is 22.8. The lowest BCUT2D eigenvalue weighted by atomic mass is 9.94. The van der Waals surface area contributed by atoms with Crippen LogP contribution in [-0.4, -0.2) is 51.9 Å². The summed E-state index contributed by atoms with van der Waals surface area (Å²) in [4.78, 5) is 16.6. The second-order valence-electron chi connectivity index (χ2n) is 9.68. The van der Waals surface area contributed by atoms with Crippen LogP contribution in [0.4, 0.5) is 0 Å². The van der Waals surface area contributed by atoms with Gasteiger partial charge in [-0.3, -0.25) is 14.7 Å².